The fourth-order valence-corrected chi connectivity index (χ4v) is 8.25. The normalized spacial score (nSPS) is 16.3. The number of carbonyl (C=O) groups is 1. The van der Waals surface area contributed by atoms with Gasteiger partial charge in [0.1, 0.15) is 25.4 Å². The zero-order valence-electron chi connectivity index (χ0n) is 36.1. The molecular weight excluding hydrogens is 697 g/mol. The van der Waals surface area contributed by atoms with E-state index in [2.05, 4.69) is 65.8 Å². The Labute approximate surface area is 340 Å². The van der Waals surface area contributed by atoms with E-state index in [1.165, 1.54) is 149 Å². The average molecular weight is 773 g/mol. The van der Waals surface area contributed by atoms with Crippen molar-refractivity contribution in [2.75, 3.05) is 26.9 Å². The smallest absolute Gasteiger partial charge is 0.330 e. The topological polar surface area (TPSA) is 88.8 Å². The Morgan fingerprint density at radius 2 is 1.43 bits per heavy atom. The van der Waals surface area contributed by atoms with Crippen LogP contribution in [0.2, 0.25) is 0 Å². The van der Waals surface area contributed by atoms with Crippen LogP contribution in [0, 0.1) is 13.8 Å². The molecule has 0 bridgehead atoms. The van der Waals surface area contributed by atoms with Gasteiger partial charge in [-0.15, -0.1) is 0 Å². The molecule has 0 amide bonds. The van der Waals surface area contributed by atoms with E-state index in [1.807, 2.05) is 13.1 Å². The number of esters is 1. The van der Waals surface area contributed by atoms with Crippen molar-refractivity contribution in [2.24, 2.45) is 4.99 Å². The predicted octanol–water partition coefficient (Wildman–Crippen LogP) is 10.8. The van der Waals surface area contributed by atoms with Crippen LogP contribution in [0.15, 0.2) is 41.5 Å². The highest BCUT2D eigenvalue weighted by Gasteiger charge is 2.32. The first-order valence-corrected chi connectivity index (χ1v) is 22.6. The molecule has 56 heavy (non-hydrogen) atoms. The lowest BCUT2D eigenvalue weighted by Gasteiger charge is -2.40. The number of nitrogens with zero attached hydrogens (tertiary/aromatic N) is 4. The molecule has 312 valence electrons. The molecule has 2 unspecified atom stereocenters. The van der Waals surface area contributed by atoms with Gasteiger partial charge in [0.2, 0.25) is 0 Å². The van der Waals surface area contributed by atoms with E-state index in [0.29, 0.717) is 11.1 Å². The molecule has 8 heteroatoms. The van der Waals surface area contributed by atoms with Crippen LogP contribution in [-0.2, 0) is 40.2 Å². The number of ether oxygens (including phenoxy) is 2. The quantitative estimate of drug-likeness (QED) is 0.0241. The molecule has 0 saturated carbocycles. The summed E-state index contributed by atoms with van der Waals surface area (Å²) in [6.07, 6.45) is 29.8. The largest absolute Gasteiger partial charge is 0.553 e. The minimum atomic E-state index is -0.879. The van der Waals surface area contributed by atoms with Gasteiger partial charge in [-0.3, -0.25) is 9.98 Å². The fourth-order valence-electron chi connectivity index (χ4n) is 8.25. The number of likely N-dealkylation sites (N-methyl/N-ethyl adjacent to an activating group) is 1. The zero-order chi connectivity index (χ0) is 40.0. The standard InChI is InChI=1S/C48H76N4O4/c1-6-7-8-9-10-11-12-13-14-15-16-17-18-19-20-21-22-23-24-25-34-55-47(53)41(4)50-48(54)56-38-52(5)33-31-46-44(37-52)43-35-39(2)26-29-45(43)51(46)32-30-42-28-27-40(3)49-36-42/h26-29,35-36,41H,6-25,30-34,37-38H2,1-5H3. The molecule has 0 radical (unpaired) electrons. The highest BCUT2D eigenvalue weighted by atomic mass is 16.6. The Hall–Kier alpha value is -3.39. The second-order valence-corrected chi connectivity index (χ2v) is 17.1. The van der Waals surface area contributed by atoms with Crippen molar-refractivity contribution in [3.05, 3.63) is 64.6 Å². The number of aliphatic imine (C=N–C) groups is 1. The summed E-state index contributed by atoms with van der Waals surface area (Å²) in [5, 5.41) is 14.0. The predicted molar refractivity (Wildman–Crippen MR) is 230 cm³/mol. The average Bonchev–Trinajstić information content (AvgIpc) is 3.48. The molecule has 1 aliphatic heterocycles. The van der Waals surface area contributed by atoms with Crippen molar-refractivity contribution in [1.82, 2.24) is 9.55 Å². The minimum absolute atomic E-state index is 0.205. The fraction of sp³-hybridized carbons (Fsp3) is 0.688. The van der Waals surface area contributed by atoms with Gasteiger partial charge in [0.15, 0.2) is 0 Å². The maximum Gasteiger partial charge on any atom is 0.330 e. The maximum absolute atomic E-state index is 12.7. The van der Waals surface area contributed by atoms with Crippen LogP contribution >= 0.6 is 0 Å². The Balaban J connectivity index is 1.05. The second-order valence-electron chi connectivity index (χ2n) is 17.1. The summed E-state index contributed by atoms with van der Waals surface area (Å²) >= 11 is 0. The third-order valence-corrected chi connectivity index (χ3v) is 11.8. The molecule has 0 saturated heterocycles. The highest BCUT2D eigenvalue weighted by Crippen LogP contribution is 2.34. The number of aryl methyl sites for hydroxylation is 4. The summed E-state index contributed by atoms with van der Waals surface area (Å²) in [5.74, 6) is -0.465. The number of hydrogen-bond donors (Lipinski definition) is 0. The van der Waals surface area contributed by atoms with Crippen LogP contribution in [0.4, 0.5) is 0 Å². The Bertz CT molecular complexity index is 1600. The number of carbonyl (C=O) groups excluding carboxylic acids is 1. The van der Waals surface area contributed by atoms with Crippen LogP contribution in [0.1, 0.15) is 170 Å². The van der Waals surface area contributed by atoms with Gasteiger partial charge in [-0.2, -0.15) is 0 Å². The second kappa shape index (κ2) is 25.1. The van der Waals surface area contributed by atoms with E-state index in [1.54, 1.807) is 6.92 Å². The van der Waals surface area contributed by atoms with Crippen LogP contribution in [-0.4, -0.2) is 59.1 Å². The molecule has 1 aromatic carbocycles. The van der Waals surface area contributed by atoms with Crippen LogP contribution in [0.5, 0.6) is 0 Å². The molecule has 0 spiro atoms. The Morgan fingerprint density at radius 3 is 2.00 bits per heavy atom. The monoisotopic (exact) mass is 773 g/mol. The number of quaternary nitrogens is 1. The number of hydrogen-bond acceptors (Lipinski definition) is 6. The molecule has 1 aliphatic rings. The molecule has 3 aromatic rings. The summed E-state index contributed by atoms with van der Waals surface area (Å²) < 4.78 is 14.2. The number of pyridine rings is 1. The van der Waals surface area contributed by atoms with Crippen LogP contribution < -0.4 is 5.11 Å². The van der Waals surface area contributed by atoms with Gasteiger partial charge in [0, 0.05) is 47.0 Å². The summed E-state index contributed by atoms with van der Waals surface area (Å²) in [6.45, 7) is 11.1. The summed E-state index contributed by atoms with van der Waals surface area (Å²) in [6, 6.07) is 10.1. The lowest BCUT2D eigenvalue weighted by atomic mass is 10.0. The van der Waals surface area contributed by atoms with Gasteiger partial charge in [-0.25, -0.2) is 4.79 Å². The van der Waals surface area contributed by atoms with E-state index in [-0.39, 0.29) is 6.73 Å². The summed E-state index contributed by atoms with van der Waals surface area (Å²) in [7, 11) is 2.13. The molecule has 8 nitrogen and oxygen atoms in total. The number of aromatic nitrogens is 2. The first-order chi connectivity index (χ1) is 27.2. The summed E-state index contributed by atoms with van der Waals surface area (Å²) in [5.41, 5.74) is 7.45. The van der Waals surface area contributed by atoms with E-state index in [4.69, 9.17) is 9.47 Å². The van der Waals surface area contributed by atoms with Crippen molar-refractivity contribution < 1.29 is 23.9 Å². The number of fused-ring (bicyclic) bond motifs is 3. The third-order valence-electron chi connectivity index (χ3n) is 11.8. The maximum atomic E-state index is 12.7. The van der Waals surface area contributed by atoms with Crippen LogP contribution in [0.3, 0.4) is 0 Å². The van der Waals surface area contributed by atoms with Gasteiger partial charge >= 0.3 is 5.97 Å². The molecule has 4 rings (SSSR count). The Kier molecular flexibility index (Phi) is 20.3. The molecule has 0 N–H and O–H groups in total. The molecule has 0 aliphatic carbocycles. The highest BCUT2D eigenvalue weighted by molar-refractivity contribution is 5.86. The molecule has 3 heterocycles. The molecule has 2 atom stereocenters. The number of rotatable bonds is 28. The third kappa shape index (κ3) is 15.9. The van der Waals surface area contributed by atoms with Crippen molar-refractivity contribution in [3.63, 3.8) is 0 Å². The van der Waals surface area contributed by atoms with Gasteiger partial charge in [0.05, 0.1) is 20.2 Å². The van der Waals surface area contributed by atoms with Gasteiger partial charge in [-0.05, 0) is 57.4 Å². The molecule has 0 fully saturated rings. The zero-order valence-corrected chi connectivity index (χ0v) is 36.1. The van der Waals surface area contributed by atoms with E-state index < -0.39 is 18.1 Å². The first kappa shape index (κ1) is 45.3. The van der Waals surface area contributed by atoms with E-state index >= 15 is 0 Å². The number of benzene rings is 1. The number of unbranched alkanes of at least 4 members (excludes halogenated alkanes) is 19. The Morgan fingerprint density at radius 1 is 0.839 bits per heavy atom. The van der Waals surface area contributed by atoms with Gasteiger partial charge in [-0.1, -0.05) is 147 Å². The first-order valence-electron chi connectivity index (χ1n) is 22.6. The minimum Gasteiger partial charge on any atom is -0.553 e. The molecular formula is C48H76N4O4. The van der Waals surface area contributed by atoms with Crippen LogP contribution in [0.25, 0.3) is 10.9 Å². The van der Waals surface area contributed by atoms with Gasteiger partial charge < -0.3 is 23.6 Å². The SMILES string of the molecule is CCCCCCCCCCCCCCCCCCCCCCOC(=O)C(C)N=C([O-])OC[N+]1(C)CCc2c(c3cc(C)ccc3n2CCc2ccc(C)nc2)C1. The summed E-state index contributed by atoms with van der Waals surface area (Å²) in [4.78, 5) is 21.1. The van der Waals surface area contributed by atoms with E-state index in [9.17, 15) is 9.90 Å². The van der Waals surface area contributed by atoms with Gasteiger partial charge in [0.25, 0.3) is 0 Å². The molecule has 2 aromatic heterocycles. The lowest BCUT2D eigenvalue weighted by Crippen LogP contribution is -2.50. The lowest BCUT2D eigenvalue weighted by molar-refractivity contribution is -0.940. The van der Waals surface area contributed by atoms with Crippen molar-refractivity contribution in [3.8, 4) is 0 Å². The van der Waals surface area contributed by atoms with Crippen molar-refractivity contribution in [2.45, 2.75) is 188 Å². The van der Waals surface area contributed by atoms with E-state index in [0.717, 1.165) is 51.0 Å². The van der Waals surface area contributed by atoms with Crippen molar-refractivity contribution in [1.29, 1.82) is 0 Å². The van der Waals surface area contributed by atoms with Crippen molar-refractivity contribution >= 4 is 23.0 Å².